The molecule has 1 heterocycles. The van der Waals surface area contributed by atoms with E-state index in [1.54, 1.807) is 18.2 Å². The van der Waals surface area contributed by atoms with Crippen LogP contribution in [0.2, 0.25) is 0 Å². The summed E-state index contributed by atoms with van der Waals surface area (Å²) in [5, 5.41) is 14.5. The molecule has 0 aromatic heterocycles. The van der Waals surface area contributed by atoms with E-state index in [1.807, 2.05) is 0 Å². The molecule has 0 aliphatic carbocycles. The topological polar surface area (TPSA) is 96.5 Å². The van der Waals surface area contributed by atoms with Crippen LogP contribution in [0.1, 0.15) is 26.2 Å². The molecule has 4 N–H and O–H groups in total. The number of para-hydroxylation sites is 1. The molecule has 2 rings (SSSR count). The zero-order chi connectivity index (χ0) is 15.2. The van der Waals surface area contributed by atoms with Gasteiger partial charge in [0, 0.05) is 19.1 Å². The lowest BCUT2D eigenvalue weighted by molar-refractivity contribution is -0.383. The van der Waals surface area contributed by atoms with Gasteiger partial charge in [-0.15, -0.1) is 0 Å². The molecule has 0 unspecified atom stereocenters. The molecule has 1 aromatic rings. The van der Waals surface area contributed by atoms with Crippen LogP contribution in [0, 0.1) is 10.1 Å². The van der Waals surface area contributed by atoms with Crippen molar-refractivity contribution >= 4 is 17.1 Å². The largest absolute Gasteiger partial charge is 0.377 e. The number of nitrogens with two attached hydrogens (primary N) is 1. The standard InChI is InChI=1S/C14H23N5O2/c1-2-8-18-9-6-11(7-10-18)16-12-4-3-5-13(17-15)14(12)19(20)21/h3-5,11,16-17H,2,6-10,15H2,1H3. The van der Waals surface area contributed by atoms with Crippen molar-refractivity contribution in [1.82, 2.24) is 4.90 Å². The average Bonchev–Trinajstić information content (AvgIpc) is 2.49. The number of nitro groups is 1. The van der Waals surface area contributed by atoms with Gasteiger partial charge in [0.05, 0.1) is 4.92 Å². The summed E-state index contributed by atoms with van der Waals surface area (Å²) in [5.41, 5.74) is 3.26. The third-order valence-electron chi connectivity index (χ3n) is 3.86. The molecule has 0 saturated carbocycles. The summed E-state index contributed by atoms with van der Waals surface area (Å²) in [6.45, 7) is 5.38. The second-order valence-corrected chi connectivity index (χ2v) is 5.36. The van der Waals surface area contributed by atoms with Crippen LogP contribution in [0.5, 0.6) is 0 Å². The fraction of sp³-hybridized carbons (Fsp3) is 0.571. The van der Waals surface area contributed by atoms with Crippen LogP contribution in [-0.4, -0.2) is 35.5 Å². The van der Waals surface area contributed by atoms with Crippen molar-refractivity contribution in [3.8, 4) is 0 Å². The van der Waals surface area contributed by atoms with Crippen molar-refractivity contribution in [2.75, 3.05) is 30.4 Å². The molecular weight excluding hydrogens is 270 g/mol. The lowest BCUT2D eigenvalue weighted by Gasteiger charge is -2.32. The Bertz CT molecular complexity index is 486. The zero-order valence-electron chi connectivity index (χ0n) is 12.3. The molecule has 1 aromatic carbocycles. The minimum Gasteiger partial charge on any atom is -0.377 e. The van der Waals surface area contributed by atoms with E-state index in [4.69, 9.17) is 5.84 Å². The molecule has 1 aliphatic rings. The van der Waals surface area contributed by atoms with E-state index in [0.717, 1.165) is 38.9 Å². The van der Waals surface area contributed by atoms with Crippen LogP contribution >= 0.6 is 0 Å². The van der Waals surface area contributed by atoms with Crippen molar-refractivity contribution in [2.24, 2.45) is 5.84 Å². The van der Waals surface area contributed by atoms with Crippen molar-refractivity contribution in [2.45, 2.75) is 32.2 Å². The van der Waals surface area contributed by atoms with E-state index in [0.29, 0.717) is 11.4 Å². The normalized spacial score (nSPS) is 16.7. The number of hydrazine groups is 1. The van der Waals surface area contributed by atoms with Gasteiger partial charge in [0.1, 0.15) is 11.4 Å². The molecule has 116 valence electrons. The zero-order valence-corrected chi connectivity index (χ0v) is 12.3. The molecule has 7 heteroatoms. The van der Waals surface area contributed by atoms with Gasteiger partial charge in [-0.1, -0.05) is 13.0 Å². The van der Waals surface area contributed by atoms with Crippen molar-refractivity contribution in [3.05, 3.63) is 28.3 Å². The Kier molecular flexibility index (Phi) is 5.35. The van der Waals surface area contributed by atoms with Gasteiger partial charge in [0.2, 0.25) is 0 Å². The highest BCUT2D eigenvalue weighted by molar-refractivity contribution is 5.76. The summed E-state index contributed by atoms with van der Waals surface area (Å²) in [7, 11) is 0. The molecule has 0 spiro atoms. The first kappa shape index (κ1) is 15.5. The van der Waals surface area contributed by atoms with Gasteiger partial charge >= 0.3 is 5.69 Å². The third-order valence-corrected chi connectivity index (χ3v) is 3.86. The lowest BCUT2D eigenvalue weighted by atomic mass is 10.0. The van der Waals surface area contributed by atoms with Gasteiger partial charge in [-0.2, -0.15) is 0 Å². The van der Waals surface area contributed by atoms with E-state index in [9.17, 15) is 10.1 Å². The monoisotopic (exact) mass is 293 g/mol. The van der Waals surface area contributed by atoms with Gasteiger partial charge in [-0.05, 0) is 37.9 Å². The highest BCUT2D eigenvalue weighted by Crippen LogP contribution is 2.33. The number of piperidine rings is 1. The van der Waals surface area contributed by atoms with E-state index >= 15 is 0 Å². The molecule has 0 radical (unpaired) electrons. The fourth-order valence-corrected chi connectivity index (χ4v) is 2.81. The first-order chi connectivity index (χ1) is 10.2. The Morgan fingerprint density at radius 2 is 2.05 bits per heavy atom. The van der Waals surface area contributed by atoms with Crippen LogP contribution in [0.3, 0.4) is 0 Å². The Labute approximate surface area is 124 Å². The maximum Gasteiger partial charge on any atom is 0.316 e. The van der Waals surface area contributed by atoms with Crippen LogP contribution in [0.4, 0.5) is 17.1 Å². The third kappa shape index (κ3) is 3.83. The highest BCUT2D eigenvalue weighted by Gasteiger charge is 2.23. The quantitative estimate of drug-likeness (QED) is 0.422. The summed E-state index contributed by atoms with van der Waals surface area (Å²) < 4.78 is 0. The van der Waals surface area contributed by atoms with E-state index < -0.39 is 4.92 Å². The summed E-state index contributed by atoms with van der Waals surface area (Å²) >= 11 is 0. The van der Waals surface area contributed by atoms with Crippen molar-refractivity contribution in [3.63, 3.8) is 0 Å². The van der Waals surface area contributed by atoms with Gasteiger partial charge in [-0.3, -0.25) is 16.0 Å². The maximum absolute atomic E-state index is 11.2. The predicted octanol–water partition coefficient (Wildman–Crippen LogP) is 2.17. The first-order valence-electron chi connectivity index (χ1n) is 7.38. The summed E-state index contributed by atoms with van der Waals surface area (Å²) in [6, 6.07) is 5.37. The van der Waals surface area contributed by atoms with Crippen LogP contribution < -0.4 is 16.6 Å². The van der Waals surface area contributed by atoms with Crippen LogP contribution in [0.15, 0.2) is 18.2 Å². The van der Waals surface area contributed by atoms with Crippen molar-refractivity contribution < 1.29 is 4.92 Å². The summed E-state index contributed by atoms with van der Waals surface area (Å²) in [5.74, 6) is 5.35. The number of hydrogen-bond donors (Lipinski definition) is 3. The number of rotatable bonds is 6. The number of nitro benzene ring substituents is 1. The van der Waals surface area contributed by atoms with Crippen LogP contribution in [0.25, 0.3) is 0 Å². The SMILES string of the molecule is CCCN1CCC(Nc2cccc(NN)c2[N+](=O)[O-])CC1. The average molecular weight is 293 g/mol. The molecule has 1 aliphatic heterocycles. The second-order valence-electron chi connectivity index (χ2n) is 5.36. The number of benzene rings is 1. The van der Waals surface area contributed by atoms with E-state index in [2.05, 4.69) is 22.6 Å². The van der Waals surface area contributed by atoms with Crippen LogP contribution in [-0.2, 0) is 0 Å². The number of hydrogen-bond acceptors (Lipinski definition) is 6. The number of nitrogens with zero attached hydrogens (tertiary/aromatic N) is 2. The summed E-state index contributed by atoms with van der Waals surface area (Å²) in [6.07, 6.45) is 3.16. The fourth-order valence-electron chi connectivity index (χ4n) is 2.81. The van der Waals surface area contributed by atoms with Gasteiger partial charge in [-0.25, -0.2) is 0 Å². The number of nitrogen functional groups attached to an aromatic ring is 1. The summed E-state index contributed by atoms with van der Waals surface area (Å²) in [4.78, 5) is 13.3. The first-order valence-corrected chi connectivity index (χ1v) is 7.38. The number of nitrogens with one attached hydrogen (secondary N) is 2. The molecule has 21 heavy (non-hydrogen) atoms. The number of likely N-dealkylation sites (tertiary alicyclic amines) is 1. The van der Waals surface area contributed by atoms with Gasteiger partial charge in [0.15, 0.2) is 0 Å². The Hall–Kier alpha value is -1.86. The molecule has 7 nitrogen and oxygen atoms in total. The molecular formula is C14H23N5O2. The van der Waals surface area contributed by atoms with Gasteiger partial charge in [0.25, 0.3) is 0 Å². The van der Waals surface area contributed by atoms with E-state index in [1.165, 1.54) is 0 Å². The molecule has 0 atom stereocenters. The second kappa shape index (κ2) is 7.24. The molecule has 1 saturated heterocycles. The molecule has 0 amide bonds. The highest BCUT2D eigenvalue weighted by atomic mass is 16.6. The number of anilines is 2. The Morgan fingerprint density at radius 3 is 2.62 bits per heavy atom. The smallest absolute Gasteiger partial charge is 0.316 e. The minimum atomic E-state index is -0.399. The molecule has 0 bridgehead atoms. The van der Waals surface area contributed by atoms with E-state index in [-0.39, 0.29) is 11.7 Å². The molecule has 1 fully saturated rings. The Morgan fingerprint density at radius 1 is 1.38 bits per heavy atom. The Balaban J connectivity index is 2.05. The minimum absolute atomic E-state index is 0.0102. The van der Waals surface area contributed by atoms with Crippen molar-refractivity contribution in [1.29, 1.82) is 0 Å². The van der Waals surface area contributed by atoms with Gasteiger partial charge < -0.3 is 15.6 Å². The maximum atomic E-state index is 11.2. The predicted molar refractivity (Wildman–Crippen MR) is 84.3 cm³/mol. The lowest BCUT2D eigenvalue weighted by Crippen LogP contribution is -2.39.